The van der Waals surface area contributed by atoms with Crippen LogP contribution in [0.3, 0.4) is 0 Å². The summed E-state index contributed by atoms with van der Waals surface area (Å²) < 4.78 is 43.1. The van der Waals surface area contributed by atoms with Crippen molar-refractivity contribution in [3.05, 3.63) is 106 Å². The summed E-state index contributed by atoms with van der Waals surface area (Å²) in [4.78, 5) is 41.3. The highest BCUT2D eigenvalue weighted by Gasteiger charge is 2.50. The molecule has 6 aliphatic rings. The maximum absolute atomic E-state index is 14.7. The number of anilines is 4. The topological polar surface area (TPSA) is 196 Å². The molecule has 4 aliphatic heterocycles. The number of benzene rings is 3. The number of nitro groups is 1. The Morgan fingerprint density at radius 1 is 0.972 bits per heavy atom. The molecule has 6 heterocycles. The SMILES string of the molecule is CC(C)c1ccccc1[C@@H]1CCCN1C1CC2(CCN(c3ccc(C(=O)NS(=O)(=O)c4ccc(NCC5CCC(C)(O)CC5)c([N+](=O)[O-])c4)c(N4c5cc6cc[nH]c6nc5O[C@H]5COCC[C@@H]54)c3)CC2)C1. The number of aromatic amines is 1. The number of piperidine rings is 1. The van der Waals surface area contributed by atoms with Gasteiger partial charge in [-0.15, -0.1) is 0 Å². The summed E-state index contributed by atoms with van der Waals surface area (Å²) in [7, 11) is -4.61. The monoisotopic (exact) mass is 986 g/mol. The number of sulfonamides is 1. The molecule has 17 heteroatoms. The van der Waals surface area contributed by atoms with Crippen LogP contribution >= 0.6 is 0 Å². The average molecular weight is 987 g/mol. The van der Waals surface area contributed by atoms with E-state index in [9.17, 15) is 28.4 Å². The number of amides is 1. The molecule has 2 aliphatic carbocycles. The number of hydrogen-bond acceptors (Lipinski definition) is 13. The van der Waals surface area contributed by atoms with E-state index in [1.54, 1.807) is 6.07 Å². The number of pyridine rings is 1. The third kappa shape index (κ3) is 9.23. The van der Waals surface area contributed by atoms with E-state index >= 15 is 0 Å². The lowest BCUT2D eigenvalue weighted by molar-refractivity contribution is -0.384. The molecule has 71 heavy (non-hydrogen) atoms. The van der Waals surface area contributed by atoms with Crippen LogP contribution in [0.1, 0.15) is 125 Å². The van der Waals surface area contributed by atoms with Crippen molar-refractivity contribution in [3.63, 3.8) is 0 Å². The van der Waals surface area contributed by atoms with Gasteiger partial charge in [0.15, 0.2) is 0 Å². The van der Waals surface area contributed by atoms with Crippen LogP contribution < -0.4 is 24.6 Å². The molecule has 0 unspecified atom stereocenters. The second-order valence-electron chi connectivity index (χ2n) is 21.8. The van der Waals surface area contributed by atoms with Crippen molar-refractivity contribution in [3.8, 4) is 5.88 Å². The molecule has 0 radical (unpaired) electrons. The number of aliphatic hydroxyl groups is 1. The van der Waals surface area contributed by atoms with Gasteiger partial charge in [-0.2, -0.15) is 4.98 Å². The number of likely N-dealkylation sites (tertiary alicyclic amines) is 1. The summed E-state index contributed by atoms with van der Waals surface area (Å²) in [6.07, 6.45) is 11.7. The molecule has 3 aromatic carbocycles. The van der Waals surface area contributed by atoms with E-state index in [0.717, 1.165) is 62.5 Å². The summed E-state index contributed by atoms with van der Waals surface area (Å²) in [6.45, 7) is 10.5. The fourth-order valence-electron chi connectivity index (χ4n) is 12.8. The molecule has 5 aromatic rings. The van der Waals surface area contributed by atoms with Crippen molar-refractivity contribution in [1.82, 2.24) is 19.6 Å². The first kappa shape index (κ1) is 47.6. The van der Waals surface area contributed by atoms with Gasteiger partial charge in [0.1, 0.15) is 23.1 Å². The minimum absolute atomic E-state index is 0.123. The lowest BCUT2D eigenvalue weighted by Crippen LogP contribution is -2.55. The van der Waals surface area contributed by atoms with E-state index in [-0.39, 0.29) is 28.6 Å². The Morgan fingerprint density at radius 3 is 2.54 bits per heavy atom. The number of hydrogen-bond donors (Lipinski definition) is 4. The Labute approximate surface area is 415 Å². The lowest BCUT2D eigenvalue weighted by atomic mass is 9.59. The summed E-state index contributed by atoms with van der Waals surface area (Å²) in [5.41, 5.74) is 5.17. The maximum atomic E-state index is 14.7. The minimum Gasteiger partial charge on any atom is -0.468 e. The predicted molar refractivity (Wildman–Crippen MR) is 273 cm³/mol. The van der Waals surface area contributed by atoms with Crippen LogP contribution in [-0.2, 0) is 14.8 Å². The third-order valence-electron chi connectivity index (χ3n) is 16.8. The first-order valence-electron chi connectivity index (χ1n) is 25.7. The van der Waals surface area contributed by atoms with Gasteiger partial charge in [0.05, 0.1) is 39.3 Å². The van der Waals surface area contributed by atoms with Crippen molar-refractivity contribution in [2.24, 2.45) is 11.3 Å². The van der Waals surface area contributed by atoms with Crippen molar-refractivity contribution in [2.75, 3.05) is 54.5 Å². The van der Waals surface area contributed by atoms with Crippen molar-refractivity contribution in [2.45, 2.75) is 132 Å². The van der Waals surface area contributed by atoms with Crippen LogP contribution in [0.5, 0.6) is 5.88 Å². The quantitative estimate of drug-likeness (QED) is 0.0683. The molecule has 3 atom stereocenters. The van der Waals surface area contributed by atoms with Gasteiger partial charge in [-0.1, -0.05) is 38.1 Å². The van der Waals surface area contributed by atoms with Crippen molar-refractivity contribution < 1.29 is 32.7 Å². The number of carbonyl (C=O) groups excluding carboxylic acids is 1. The molecular weight excluding hydrogens is 921 g/mol. The highest BCUT2D eigenvalue weighted by Crippen LogP contribution is 2.55. The number of nitrogens with zero attached hydrogens (tertiary/aromatic N) is 5. The van der Waals surface area contributed by atoms with E-state index in [1.165, 1.54) is 48.9 Å². The zero-order valence-corrected chi connectivity index (χ0v) is 41.8. The molecule has 2 saturated carbocycles. The normalized spacial score (nSPS) is 25.6. The Morgan fingerprint density at radius 2 is 1.76 bits per heavy atom. The highest BCUT2D eigenvalue weighted by molar-refractivity contribution is 7.90. The van der Waals surface area contributed by atoms with E-state index in [4.69, 9.17) is 14.5 Å². The molecule has 0 bridgehead atoms. The number of H-pyrrole nitrogens is 1. The molecule has 1 amide bonds. The standard InChI is InChI=1S/C54H66N8O8S/c1-34(2)40-7-4-5-8-41(40)44-9-6-23-60(44)38-30-54(31-38)20-24-59(25-21-54)37-10-12-42(46(28-37)61-45-17-26-69-33-49(45)70-52-48(61)27-36-16-22-55-50(36)57-52)51(63)58-71(67,68)39-11-13-43(47(29-39)62(65)66)56-32-35-14-18-53(3,64)19-15-35/h4-5,7-8,10-13,16,22,27-29,34-35,38,44-45,49,56,64H,6,9,14-15,17-21,23-26,30-33H2,1-3H3,(H,55,57)(H,58,63)/t35?,44-,45-,49-,53?/m0/s1. The number of nitro benzene ring substituents is 1. The summed E-state index contributed by atoms with van der Waals surface area (Å²) in [5.74, 6) is 0.194. The van der Waals surface area contributed by atoms with Crippen LogP contribution in [0.2, 0.25) is 0 Å². The Hall–Kier alpha value is -5.75. The van der Waals surface area contributed by atoms with Gasteiger partial charge in [0.25, 0.3) is 21.6 Å². The van der Waals surface area contributed by atoms with E-state index in [2.05, 4.69) is 67.8 Å². The molecule has 376 valence electrons. The molecule has 16 nitrogen and oxygen atoms in total. The van der Waals surface area contributed by atoms with Gasteiger partial charge in [0.2, 0.25) is 5.88 Å². The zero-order chi connectivity index (χ0) is 49.2. The number of aromatic nitrogens is 2. The second-order valence-corrected chi connectivity index (χ2v) is 23.5. The summed E-state index contributed by atoms with van der Waals surface area (Å²) in [6, 6.07) is 23.0. The predicted octanol–water partition coefficient (Wildman–Crippen LogP) is 9.34. The molecule has 11 rings (SSSR count). The van der Waals surface area contributed by atoms with Gasteiger partial charge in [-0.25, -0.2) is 13.1 Å². The van der Waals surface area contributed by atoms with E-state index in [0.29, 0.717) is 79.9 Å². The van der Waals surface area contributed by atoms with Gasteiger partial charge < -0.3 is 34.7 Å². The van der Waals surface area contributed by atoms with E-state index < -0.39 is 43.1 Å². The van der Waals surface area contributed by atoms with Crippen molar-refractivity contribution in [1.29, 1.82) is 0 Å². The smallest absolute Gasteiger partial charge is 0.293 e. The number of rotatable bonds is 12. The average Bonchev–Trinajstić information content (AvgIpc) is 4.03. The molecular formula is C54H66N8O8S. The van der Waals surface area contributed by atoms with E-state index in [1.807, 2.05) is 37.4 Å². The Balaban J connectivity index is 0.863. The first-order valence-corrected chi connectivity index (χ1v) is 27.2. The van der Waals surface area contributed by atoms with Gasteiger partial charge >= 0.3 is 0 Å². The van der Waals surface area contributed by atoms with Crippen LogP contribution in [0, 0.1) is 21.4 Å². The lowest BCUT2D eigenvalue weighted by Gasteiger charge is -2.56. The molecule has 4 N–H and O–H groups in total. The number of nitrogens with one attached hydrogen (secondary N) is 3. The Bertz CT molecular complexity index is 2930. The molecule has 2 aromatic heterocycles. The zero-order valence-electron chi connectivity index (χ0n) is 40.9. The Kier molecular flexibility index (Phi) is 12.5. The van der Waals surface area contributed by atoms with Crippen LogP contribution in [0.4, 0.5) is 28.4 Å². The molecule has 3 saturated heterocycles. The number of carbonyl (C=O) groups is 1. The minimum atomic E-state index is -4.61. The fraction of sp³-hybridized carbons (Fsp3) is 0.519. The highest BCUT2D eigenvalue weighted by atomic mass is 32.2. The molecule has 5 fully saturated rings. The second kappa shape index (κ2) is 18.7. The fourth-order valence-corrected chi connectivity index (χ4v) is 13.7. The number of fused-ring (bicyclic) bond motifs is 3. The third-order valence-corrected chi connectivity index (χ3v) is 18.2. The van der Waals surface area contributed by atoms with Gasteiger partial charge in [-0.05, 0) is 155 Å². The molecule has 1 spiro atoms. The largest absolute Gasteiger partial charge is 0.468 e. The number of ether oxygens (including phenoxy) is 2. The summed E-state index contributed by atoms with van der Waals surface area (Å²) >= 11 is 0. The summed E-state index contributed by atoms with van der Waals surface area (Å²) in [5, 5.41) is 26.8. The maximum Gasteiger partial charge on any atom is 0.293 e. The van der Waals surface area contributed by atoms with Crippen LogP contribution in [0.25, 0.3) is 11.0 Å². The van der Waals surface area contributed by atoms with Crippen molar-refractivity contribution >= 4 is 55.4 Å². The van der Waals surface area contributed by atoms with Crippen LogP contribution in [0.15, 0.2) is 83.9 Å². The van der Waals surface area contributed by atoms with Gasteiger partial charge in [0, 0.05) is 61.7 Å². The van der Waals surface area contributed by atoms with Gasteiger partial charge in [-0.3, -0.25) is 19.8 Å². The van der Waals surface area contributed by atoms with Crippen LogP contribution in [-0.4, -0.2) is 102 Å². The first-order chi connectivity index (χ1) is 34.1.